The first-order valence-corrected chi connectivity index (χ1v) is 6.79. The molecule has 0 unspecified atom stereocenters. The molecule has 6 nitrogen and oxygen atoms in total. The molecule has 22 heavy (non-hydrogen) atoms. The third kappa shape index (κ3) is 3.01. The van der Waals surface area contributed by atoms with E-state index in [4.69, 9.17) is 14.9 Å². The Labute approximate surface area is 128 Å². The lowest BCUT2D eigenvalue weighted by atomic mass is 10.1. The van der Waals surface area contributed by atoms with Crippen LogP contribution in [0.3, 0.4) is 0 Å². The summed E-state index contributed by atoms with van der Waals surface area (Å²) >= 11 is 0. The molecule has 3 rings (SSSR count). The molecule has 0 atom stereocenters. The van der Waals surface area contributed by atoms with Crippen LogP contribution in [-0.4, -0.2) is 17.1 Å². The molecule has 0 aliphatic carbocycles. The number of nitrogens with two attached hydrogens (primary N) is 1. The lowest BCUT2D eigenvalue weighted by Gasteiger charge is -2.09. The summed E-state index contributed by atoms with van der Waals surface area (Å²) in [6.45, 7) is 0.493. The second kappa shape index (κ2) is 6.17. The number of rotatable bonds is 5. The van der Waals surface area contributed by atoms with Crippen LogP contribution in [-0.2, 0) is 6.54 Å². The molecular weight excluding hydrogens is 280 g/mol. The average Bonchev–Trinajstić information content (AvgIpc) is 3.07. The molecule has 0 saturated carbocycles. The van der Waals surface area contributed by atoms with E-state index in [0.29, 0.717) is 18.2 Å². The van der Waals surface area contributed by atoms with E-state index in [9.17, 15) is 0 Å². The van der Waals surface area contributed by atoms with E-state index in [0.717, 1.165) is 22.8 Å². The van der Waals surface area contributed by atoms with Crippen molar-refractivity contribution in [3.8, 4) is 17.0 Å². The van der Waals surface area contributed by atoms with Gasteiger partial charge in [-0.2, -0.15) is 0 Å². The number of hydrogen-bond donors (Lipinski definition) is 2. The molecule has 2 heterocycles. The SMILES string of the molecule is COc1cccc(-c2cnc(N)c(NCc3ccco3)n2)c1. The van der Waals surface area contributed by atoms with Crippen molar-refractivity contribution in [2.75, 3.05) is 18.2 Å². The van der Waals surface area contributed by atoms with E-state index in [-0.39, 0.29) is 0 Å². The third-order valence-electron chi connectivity index (χ3n) is 3.18. The van der Waals surface area contributed by atoms with Crippen molar-refractivity contribution in [1.82, 2.24) is 9.97 Å². The normalized spacial score (nSPS) is 10.4. The molecule has 0 aliphatic heterocycles. The monoisotopic (exact) mass is 296 g/mol. The van der Waals surface area contributed by atoms with Gasteiger partial charge in [0, 0.05) is 5.56 Å². The molecule has 0 aliphatic rings. The smallest absolute Gasteiger partial charge is 0.169 e. The number of ether oxygens (including phenoxy) is 1. The van der Waals surface area contributed by atoms with Crippen LogP contribution in [0.4, 0.5) is 11.6 Å². The van der Waals surface area contributed by atoms with Gasteiger partial charge < -0.3 is 20.2 Å². The Hall–Kier alpha value is -3.02. The zero-order chi connectivity index (χ0) is 15.4. The van der Waals surface area contributed by atoms with Crippen LogP contribution in [0.15, 0.2) is 53.3 Å². The molecule has 2 aromatic heterocycles. The topological polar surface area (TPSA) is 86.2 Å². The maximum atomic E-state index is 5.87. The summed E-state index contributed by atoms with van der Waals surface area (Å²) in [6.07, 6.45) is 3.26. The lowest BCUT2D eigenvalue weighted by molar-refractivity contribution is 0.415. The van der Waals surface area contributed by atoms with Crippen LogP contribution in [0.25, 0.3) is 11.3 Å². The molecule has 0 saturated heterocycles. The number of nitrogens with one attached hydrogen (secondary N) is 1. The number of nitrogens with zero attached hydrogens (tertiary/aromatic N) is 2. The Balaban J connectivity index is 1.85. The zero-order valence-electron chi connectivity index (χ0n) is 12.1. The fourth-order valence-corrected chi connectivity index (χ4v) is 2.03. The van der Waals surface area contributed by atoms with Crippen molar-refractivity contribution in [2.24, 2.45) is 0 Å². The number of aromatic nitrogens is 2. The number of nitrogen functional groups attached to an aromatic ring is 1. The van der Waals surface area contributed by atoms with E-state index in [1.165, 1.54) is 0 Å². The Kier molecular flexibility index (Phi) is 3.91. The molecule has 0 bridgehead atoms. The average molecular weight is 296 g/mol. The third-order valence-corrected chi connectivity index (χ3v) is 3.18. The highest BCUT2D eigenvalue weighted by Crippen LogP contribution is 2.24. The number of benzene rings is 1. The summed E-state index contributed by atoms with van der Waals surface area (Å²) in [5.41, 5.74) is 7.50. The highest BCUT2D eigenvalue weighted by molar-refractivity contribution is 5.66. The van der Waals surface area contributed by atoms with Gasteiger partial charge in [0.1, 0.15) is 11.5 Å². The molecule has 112 valence electrons. The van der Waals surface area contributed by atoms with Crippen LogP contribution < -0.4 is 15.8 Å². The minimum absolute atomic E-state index is 0.346. The van der Waals surface area contributed by atoms with Gasteiger partial charge in [-0.15, -0.1) is 0 Å². The molecule has 3 aromatic rings. The van der Waals surface area contributed by atoms with Gasteiger partial charge in [-0.05, 0) is 24.3 Å². The van der Waals surface area contributed by atoms with Crippen LogP contribution in [0.2, 0.25) is 0 Å². The van der Waals surface area contributed by atoms with Crippen molar-refractivity contribution in [3.63, 3.8) is 0 Å². The lowest BCUT2D eigenvalue weighted by Crippen LogP contribution is -2.06. The second-order valence-electron chi connectivity index (χ2n) is 4.65. The van der Waals surface area contributed by atoms with Crippen molar-refractivity contribution in [1.29, 1.82) is 0 Å². The van der Waals surface area contributed by atoms with Gasteiger partial charge in [0.25, 0.3) is 0 Å². The van der Waals surface area contributed by atoms with Gasteiger partial charge in [0.05, 0.1) is 31.8 Å². The number of hydrogen-bond acceptors (Lipinski definition) is 6. The summed E-state index contributed by atoms with van der Waals surface area (Å²) < 4.78 is 10.5. The highest BCUT2D eigenvalue weighted by Gasteiger charge is 2.08. The molecule has 3 N–H and O–H groups in total. The number of methoxy groups -OCH3 is 1. The first-order chi connectivity index (χ1) is 10.8. The first-order valence-electron chi connectivity index (χ1n) is 6.79. The molecule has 0 spiro atoms. The Morgan fingerprint density at radius 2 is 2.18 bits per heavy atom. The van der Waals surface area contributed by atoms with Crippen LogP contribution in [0.5, 0.6) is 5.75 Å². The molecule has 1 aromatic carbocycles. The quantitative estimate of drug-likeness (QED) is 0.753. The fraction of sp³-hybridized carbons (Fsp3) is 0.125. The van der Waals surface area contributed by atoms with Gasteiger partial charge in [-0.3, -0.25) is 0 Å². The van der Waals surface area contributed by atoms with E-state index < -0.39 is 0 Å². The molecule has 0 amide bonds. The van der Waals surface area contributed by atoms with Crippen LogP contribution in [0, 0.1) is 0 Å². The maximum Gasteiger partial charge on any atom is 0.169 e. The first kappa shape index (κ1) is 13.9. The van der Waals surface area contributed by atoms with Gasteiger partial charge >= 0.3 is 0 Å². The number of anilines is 2. The Morgan fingerprint density at radius 1 is 1.27 bits per heavy atom. The zero-order valence-corrected chi connectivity index (χ0v) is 12.1. The van der Waals surface area contributed by atoms with Gasteiger partial charge in [-0.25, -0.2) is 9.97 Å². The van der Waals surface area contributed by atoms with Crippen LogP contribution >= 0.6 is 0 Å². The molecular formula is C16H16N4O2. The van der Waals surface area contributed by atoms with Crippen LogP contribution in [0.1, 0.15) is 5.76 Å². The van der Waals surface area contributed by atoms with E-state index in [1.54, 1.807) is 19.6 Å². The van der Waals surface area contributed by atoms with Crippen molar-refractivity contribution in [2.45, 2.75) is 6.54 Å². The van der Waals surface area contributed by atoms with Gasteiger partial charge in [0.15, 0.2) is 11.6 Å². The molecule has 6 heteroatoms. The Morgan fingerprint density at radius 3 is 2.95 bits per heavy atom. The minimum atomic E-state index is 0.346. The number of furan rings is 1. The molecule has 0 fully saturated rings. The largest absolute Gasteiger partial charge is 0.497 e. The molecule has 0 radical (unpaired) electrons. The van der Waals surface area contributed by atoms with Gasteiger partial charge in [0.2, 0.25) is 0 Å². The summed E-state index contributed by atoms with van der Waals surface area (Å²) in [7, 11) is 1.63. The van der Waals surface area contributed by atoms with Gasteiger partial charge in [-0.1, -0.05) is 12.1 Å². The summed E-state index contributed by atoms with van der Waals surface area (Å²) in [5.74, 6) is 2.43. The van der Waals surface area contributed by atoms with Crippen molar-refractivity contribution >= 4 is 11.6 Å². The predicted molar refractivity (Wildman–Crippen MR) is 84.5 cm³/mol. The Bertz CT molecular complexity index is 757. The summed E-state index contributed by atoms with van der Waals surface area (Å²) in [5, 5.41) is 3.13. The van der Waals surface area contributed by atoms with Crippen molar-refractivity contribution < 1.29 is 9.15 Å². The van der Waals surface area contributed by atoms with E-state index in [2.05, 4.69) is 15.3 Å². The standard InChI is InChI=1S/C16H16N4O2/c1-21-12-5-2-4-11(8-12)14-10-18-15(17)16(20-14)19-9-13-6-3-7-22-13/h2-8,10H,9H2,1H3,(H2,17,18)(H,19,20). The van der Waals surface area contributed by atoms with E-state index in [1.807, 2.05) is 36.4 Å². The maximum absolute atomic E-state index is 5.87. The summed E-state index contributed by atoms with van der Waals surface area (Å²) in [4.78, 5) is 8.71. The fourth-order valence-electron chi connectivity index (χ4n) is 2.03. The summed E-state index contributed by atoms with van der Waals surface area (Å²) in [6, 6.07) is 11.3. The van der Waals surface area contributed by atoms with Crippen molar-refractivity contribution in [3.05, 3.63) is 54.6 Å². The highest BCUT2D eigenvalue weighted by atomic mass is 16.5. The predicted octanol–water partition coefficient (Wildman–Crippen LogP) is 2.94. The second-order valence-corrected chi connectivity index (χ2v) is 4.65. The van der Waals surface area contributed by atoms with E-state index >= 15 is 0 Å². The minimum Gasteiger partial charge on any atom is -0.497 e.